The minimum absolute atomic E-state index is 0.149. The lowest BCUT2D eigenvalue weighted by Gasteiger charge is -2.34. The van der Waals surface area contributed by atoms with E-state index in [0.29, 0.717) is 12.2 Å². The van der Waals surface area contributed by atoms with Crippen LogP contribution in [0.5, 0.6) is 0 Å². The Balaban J connectivity index is 1.42. The van der Waals surface area contributed by atoms with Crippen LogP contribution in [0, 0.1) is 5.92 Å². The molecular formula is C21H26N6O2. The molecule has 152 valence electrons. The summed E-state index contributed by atoms with van der Waals surface area (Å²) in [5.41, 5.74) is 1.41. The number of anilines is 1. The topological polar surface area (TPSA) is 99.9 Å². The van der Waals surface area contributed by atoms with Crippen LogP contribution in [0.3, 0.4) is 0 Å². The van der Waals surface area contributed by atoms with Gasteiger partial charge in [0.25, 0.3) is 5.56 Å². The van der Waals surface area contributed by atoms with Crippen molar-refractivity contribution < 1.29 is 5.11 Å². The van der Waals surface area contributed by atoms with Crippen molar-refractivity contribution in [3.05, 3.63) is 58.7 Å². The average Bonchev–Trinajstić information content (AvgIpc) is 3.19. The van der Waals surface area contributed by atoms with Crippen molar-refractivity contribution in [2.75, 3.05) is 18.0 Å². The van der Waals surface area contributed by atoms with Crippen LogP contribution < -0.4 is 10.5 Å². The molecule has 2 N–H and O–H groups in total. The number of aryl methyl sites for hydroxylation is 2. The van der Waals surface area contributed by atoms with Gasteiger partial charge in [-0.05, 0) is 37.3 Å². The first-order valence-electron chi connectivity index (χ1n) is 10.0. The molecule has 8 heteroatoms. The molecule has 1 aliphatic rings. The summed E-state index contributed by atoms with van der Waals surface area (Å²) in [5, 5.41) is 10.6. The summed E-state index contributed by atoms with van der Waals surface area (Å²) in [6, 6.07) is 5.42. The lowest BCUT2D eigenvalue weighted by Crippen LogP contribution is -2.36. The number of aliphatic hydroxyl groups excluding tert-OH is 1. The van der Waals surface area contributed by atoms with Crippen LogP contribution >= 0.6 is 0 Å². The zero-order valence-corrected chi connectivity index (χ0v) is 16.7. The summed E-state index contributed by atoms with van der Waals surface area (Å²) in [6.07, 6.45) is 7.26. The van der Waals surface area contributed by atoms with Gasteiger partial charge in [-0.25, -0.2) is 15.0 Å². The number of piperidine rings is 1. The number of aromatic nitrogens is 5. The molecule has 29 heavy (non-hydrogen) atoms. The van der Waals surface area contributed by atoms with E-state index in [-0.39, 0.29) is 11.5 Å². The lowest BCUT2D eigenvalue weighted by atomic mass is 9.90. The van der Waals surface area contributed by atoms with Gasteiger partial charge in [-0.3, -0.25) is 4.79 Å². The summed E-state index contributed by atoms with van der Waals surface area (Å²) in [4.78, 5) is 30.1. The summed E-state index contributed by atoms with van der Waals surface area (Å²) in [5.74, 6) is 2.36. The van der Waals surface area contributed by atoms with Crippen molar-refractivity contribution in [3.63, 3.8) is 0 Å². The summed E-state index contributed by atoms with van der Waals surface area (Å²) >= 11 is 0. The van der Waals surface area contributed by atoms with Gasteiger partial charge in [0.05, 0.1) is 0 Å². The molecule has 0 bridgehead atoms. The molecule has 1 unspecified atom stereocenters. The van der Waals surface area contributed by atoms with Crippen molar-refractivity contribution in [3.8, 4) is 11.4 Å². The molecule has 1 aliphatic heterocycles. The highest BCUT2D eigenvalue weighted by molar-refractivity contribution is 5.56. The predicted octanol–water partition coefficient (Wildman–Crippen LogP) is 2.08. The smallest absolute Gasteiger partial charge is 0.251 e. The van der Waals surface area contributed by atoms with Gasteiger partial charge in [-0.2, -0.15) is 0 Å². The third kappa shape index (κ3) is 4.07. The molecule has 4 heterocycles. The molecule has 3 aromatic heterocycles. The van der Waals surface area contributed by atoms with E-state index in [0.717, 1.165) is 48.8 Å². The highest BCUT2D eigenvalue weighted by Crippen LogP contribution is 2.31. The van der Waals surface area contributed by atoms with E-state index in [4.69, 9.17) is 0 Å². The van der Waals surface area contributed by atoms with Gasteiger partial charge in [-0.15, -0.1) is 0 Å². The van der Waals surface area contributed by atoms with Gasteiger partial charge in [0.1, 0.15) is 23.6 Å². The SMILES string of the molecule is CCc1cc(=O)[nH]c(-c2ccc(N3CCC(C(O)c4nccn4C)CC3)nc2)n1. The summed E-state index contributed by atoms with van der Waals surface area (Å²) < 4.78 is 1.88. The number of H-pyrrole nitrogens is 1. The zero-order valence-electron chi connectivity index (χ0n) is 16.7. The maximum Gasteiger partial charge on any atom is 0.251 e. The number of aliphatic hydroxyl groups is 1. The largest absolute Gasteiger partial charge is 0.385 e. The molecule has 0 aliphatic carbocycles. The highest BCUT2D eigenvalue weighted by Gasteiger charge is 2.28. The van der Waals surface area contributed by atoms with Gasteiger partial charge in [0, 0.05) is 56.1 Å². The van der Waals surface area contributed by atoms with Crippen LogP contribution in [0.15, 0.2) is 41.6 Å². The number of nitrogens with zero attached hydrogens (tertiary/aromatic N) is 5. The Labute approximate surface area is 169 Å². The number of imidazole rings is 1. The van der Waals surface area contributed by atoms with Crippen molar-refractivity contribution in [1.29, 1.82) is 0 Å². The van der Waals surface area contributed by atoms with Crippen molar-refractivity contribution in [2.24, 2.45) is 13.0 Å². The Hall–Kier alpha value is -3.00. The summed E-state index contributed by atoms with van der Waals surface area (Å²) in [7, 11) is 1.91. The third-order valence-electron chi connectivity index (χ3n) is 5.61. The quantitative estimate of drug-likeness (QED) is 0.687. The zero-order chi connectivity index (χ0) is 20.4. The Morgan fingerprint density at radius 3 is 2.69 bits per heavy atom. The minimum Gasteiger partial charge on any atom is -0.385 e. The molecular weight excluding hydrogens is 368 g/mol. The molecule has 0 spiro atoms. The van der Waals surface area contributed by atoms with E-state index in [9.17, 15) is 9.90 Å². The first-order valence-corrected chi connectivity index (χ1v) is 10.0. The first-order chi connectivity index (χ1) is 14.0. The number of hydrogen-bond acceptors (Lipinski definition) is 6. The predicted molar refractivity (Wildman–Crippen MR) is 111 cm³/mol. The van der Waals surface area contributed by atoms with E-state index in [1.165, 1.54) is 6.07 Å². The minimum atomic E-state index is -0.541. The summed E-state index contributed by atoms with van der Waals surface area (Å²) in [6.45, 7) is 3.64. The monoisotopic (exact) mass is 394 g/mol. The number of aromatic amines is 1. The van der Waals surface area contributed by atoms with E-state index in [1.54, 1.807) is 12.4 Å². The Morgan fingerprint density at radius 2 is 2.07 bits per heavy atom. The number of rotatable bonds is 5. The number of nitrogens with one attached hydrogen (secondary N) is 1. The average molecular weight is 394 g/mol. The Kier molecular flexibility index (Phi) is 5.44. The third-order valence-corrected chi connectivity index (χ3v) is 5.61. The second-order valence-corrected chi connectivity index (χ2v) is 7.51. The molecule has 1 saturated heterocycles. The van der Waals surface area contributed by atoms with Gasteiger partial charge < -0.3 is 19.6 Å². The van der Waals surface area contributed by atoms with E-state index in [1.807, 2.05) is 36.9 Å². The second-order valence-electron chi connectivity index (χ2n) is 7.51. The van der Waals surface area contributed by atoms with Crippen LogP contribution in [0.2, 0.25) is 0 Å². The molecule has 0 aromatic carbocycles. The highest BCUT2D eigenvalue weighted by atomic mass is 16.3. The van der Waals surface area contributed by atoms with Gasteiger partial charge in [0.15, 0.2) is 0 Å². The molecule has 1 atom stereocenters. The maximum absolute atomic E-state index is 11.8. The number of pyridine rings is 1. The molecule has 3 aromatic rings. The normalized spacial score (nSPS) is 16.2. The standard InChI is InChI=1S/C21H26N6O2/c1-3-16-12-18(28)25-20(24-16)15-4-5-17(23-13-15)27-9-6-14(7-10-27)19(29)21-22-8-11-26(21)2/h4-5,8,11-14,19,29H,3,6-7,9-10H2,1-2H3,(H,24,25,28). The van der Waals surface area contributed by atoms with Crippen molar-refractivity contribution in [1.82, 2.24) is 24.5 Å². The van der Waals surface area contributed by atoms with Gasteiger partial charge in [-0.1, -0.05) is 6.92 Å². The van der Waals surface area contributed by atoms with Crippen LogP contribution in [-0.2, 0) is 13.5 Å². The fourth-order valence-electron chi connectivity index (χ4n) is 3.86. The van der Waals surface area contributed by atoms with Crippen LogP contribution in [0.25, 0.3) is 11.4 Å². The first kappa shape index (κ1) is 19.3. The molecule has 4 rings (SSSR count). The van der Waals surface area contributed by atoms with Gasteiger partial charge in [0.2, 0.25) is 0 Å². The number of hydrogen-bond donors (Lipinski definition) is 2. The second kappa shape index (κ2) is 8.16. The maximum atomic E-state index is 11.8. The van der Waals surface area contributed by atoms with Crippen molar-refractivity contribution in [2.45, 2.75) is 32.3 Å². The molecule has 0 saturated carbocycles. The van der Waals surface area contributed by atoms with E-state index < -0.39 is 6.10 Å². The Bertz CT molecular complexity index is 1020. The molecule has 0 amide bonds. The van der Waals surface area contributed by atoms with E-state index >= 15 is 0 Å². The van der Waals surface area contributed by atoms with Crippen LogP contribution in [0.4, 0.5) is 5.82 Å². The van der Waals surface area contributed by atoms with Crippen molar-refractivity contribution >= 4 is 5.82 Å². The fourth-order valence-corrected chi connectivity index (χ4v) is 3.86. The molecule has 0 radical (unpaired) electrons. The lowest BCUT2D eigenvalue weighted by molar-refractivity contribution is 0.0824. The van der Waals surface area contributed by atoms with Gasteiger partial charge >= 0.3 is 0 Å². The van der Waals surface area contributed by atoms with Crippen LogP contribution in [0.1, 0.15) is 37.4 Å². The van der Waals surface area contributed by atoms with E-state index in [2.05, 4.69) is 24.8 Å². The molecule has 8 nitrogen and oxygen atoms in total. The fraction of sp³-hybridized carbons (Fsp3) is 0.429. The Morgan fingerprint density at radius 1 is 1.28 bits per heavy atom. The van der Waals surface area contributed by atoms with Crippen LogP contribution in [-0.4, -0.2) is 42.7 Å². The molecule has 1 fully saturated rings.